The van der Waals surface area contributed by atoms with Gasteiger partial charge in [0.1, 0.15) is 0 Å². The molecule has 1 saturated carbocycles. The van der Waals surface area contributed by atoms with Crippen molar-refractivity contribution in [3.8, 4) is 6.07 Å². The molecular formula is C18H14N4O4. The molecule has 1 aliphatic heterocycles. The van der Waals surface area contributed by atoms with E-state index in [1.807, 2.05) is 18.2 Å². The highest BCUT2D eigenvalue weighted by Crippen LogP contribution is 2.49. The van der Waals surface area contributed by atoms with E-state index in [4.69, 9.17) is 5.26 Å². The first-order chi connectivity index (χ1) is 12.5. The number of hydrazone groups is 1. The van der Waals surface area contributed by atoms with E-state index in [0.717, 1.165) is 30.1 Å². The van der Waals surface area contributed by atoms with Gasteiger partial charge in [-0.3, -0.25) is 19.7 Å². The van der Waals surface area contributed by atoms with Crippen LogP contribution in [0.3, 0.4) is 0 Å². The smallest absolute Gasteiger partial charge is 0.272 e. The molecule has 26 heavy (non-hydrogen) atoms. The molecule has 4 atom stereocenters. The third kappa shape index (κ3) is 2.32. The summed E-state index contributed by atoms with van der Waals surface area (Å²) in [6, 6.07) is 5.78. The number of hydrogen-bond acceptors (Lipinski definition) is 6. The van der Waals surface area contributed by atoms with Crippen LogP contribution in [-0.4, -0.2) is 28.0 Å². The molecule has 2 bridgehead atoms. The van der Waals surface area contributed by atoms with E-state index in [1.54, 1.807) is 0 Å². The molecule has 4 unspecified atom stereocenters. The Morgan fingerprint density at radius 3 is 2.31 bits per heavy atom. The van der Waals surface area contributed by atoms with Crippen molar-refractivity contribution in [2.45, 2.75) is 12.8 Å². The first-order valence-corrected chi connectivity index (χ1v) is 8.30. The van der Waals surface area contributed by atoms with Gasteiger partial charge in [0.25, 0.3) is 17.5 Å². The number of nitro benzene ring substituents is 1. The molecule has 1 saturated heterocycles. The molecule has 8 heteroatoms. The van der Waals surface area contributed by atoms with Crippen LogP contribution < -0.4 is 0 Å². The summed E-state index contributed by atoms with van der Waals surface area (Å²) in [6.07, 6.45) is 6.94. The molecule has 0 aromatic heterocycles. The van der Waals surface area contributed by atoms with Crippen molar-refractivity contribution in [2.24, 2.45) is 28.8 Å². The highest BCUT2D eigenvalue weighted by Gasteiger charge is 2.56. The highest BCUT2D eigenvalue weighted by atomic mass is 16.6. The van der Waals surface area contributed by atoms with Gasteiger partial charge >= 0.3 is 0 Å². The fourth-order valence-electron chi connectivity index (χ4n) is 4.17. The Hall–Kier alpha value is -3.34. The molecule has 3 aliphatic carbocycles. The number of fused-ring (bicyclic) bond motifs is 1. The van der Waals surface area contributed by atoms with Gasteiger partial charge in [-0.15, -0.1) is 0 Å². The molecule has 4 aliphatic rings. The number of allylic oxidation sites excluding steroid dienone is 2. The van der Waals surface area contributed by atoms with Gasteiger partial charge in [-0.25, -0.2) is 0 Å². The van der Waals surface area contributed by atoms with E-state index in [0.29, 0.717) is 0 Å². The molecule has 1 aromatic carbocycles. The molecule has 1 heterocycles. The maximum Gasteiger partial charge on any atom is 0.279 e. The first kappa shape index (κ1) is 16.1. The number of nitro groups is 1. The molecule has 8 nitrogen and oxygen atoms in total. The topological polar surface area (TPSA) is 117 Å². The number of imide groups is 1. The average Bonchev–Trinajstić information content (AvgIpc) is 2.93. The zero-order valence-corrected chi connectivity index (χ0v) is 13.6. The van der Waals surface area contributed by atoms with E-state index in [-0.39, 0.29) is 52.3 Å². The Labute approximate surface area is 148 Å². The normalized spacial score (nSPS) is 29.3. The van der Waals surface area contributed by atoms with Crippen LogP contribution in [0.1, 0.15) is 24.0 Å². The van der Waals surface area contributed by atoms with Crippen LogP contribution in [0.2, 0.25) is 0 Å². The number of nitrogens with zero attached hydrogens (tertiary/aromatic N) is 4. The summed E-state index contributed by atoms with van der Waals surface area (Å²) < 4.78 is 0. The minimum atomic E-state index is -0.625. The number of hydrogen-bond donors (Lipinski definition) is 0. The lowest BCUT2D eigenvalue weighted by Gasteiger charge is -2.37. The van der Waals surface area contributed by atoms with Gasteiger partial charge in [0.2, 0.25) is 0 Å². The quantitative estimate of drug-likeness (QED) is 0.272. The van der Waals surface area contributed by atoms with Crippen LogP contribution in [0.5, 0.6) is 0 Å². The highest BCUT2D eigenvalue weighted by molar-refractivity contribution is 6.06. The van der Waals surface area contributed by atoms with Crippen molar-refractivity contribution < 1.29 is 14.5 Å². The second-order valence-corrected chi connectivity index (χ2v) is 6.72. The molecule has 130 valence electrons. The molecule has 0 radical (unpaired) electrons. The van der Waals surface area contributed by atoms with Crippen molar-refractivity contribution in [3.05, 3.63) is 51.6 Å². The van der Waals surface area contributed by atoms with E-state index in [1.165, 1.54) is 12.1 Å². The van der Waals surface area contributed by atoms with Gasteiger partial charge in [0, 0.05) is 6.07 Å². The minimum Gasteiger partial charge on any atom is -0.272 e. The predicted octanol–water partition coefficient (Wildman–Crippen LogP) is 2.00. The number of nitriles is 1. The van der Waals surface area contributed by atoms with Gasteiger partial charge < -0.3 is 0 Å². The minimum absolute atomic E-state index is 0.0610. The Kier molecular flexibility index (Phi) is 3.65. The maximum absolute atomic E-state index is 12.7. The summed E-state index contributed by atoms with van der Waals surface area (Å²) in [5.74, 6) is -1.31. The number of rotatable bonds is 3. The van der Waals surface area contributed by atoms with Crippen LogP contribution in [0.4, 0.5) is 5.69 Å². The summed E-state index contributed by atoms with van der Waals surface area (Å²) in [4.78, 5) is 35.9. The van der Waals surface area contributed by atoms with Gasteiger partial charge in [-0.1, -0.05) is 12.2 Å². The van der Waals surface area contributed by atoms with Gasteiger partial charge in [-0.2, -0.15) is 15.4 Å². The van der Waals surface area contributed by atoms with E-state index in [2.05, 4.69) is 5.10 Å². The SMILES string of the molecule is N#Cc1ccc(/C=N/N2C(=O)C3C4C=CC(CC4)C3C2=O)c([N+](=O)[O-])c1. The first-order valence-electron chi connectivity index (χ1n) is 8.30. The van der Waals surface area contributed by atoms with Crippen LogP contribution in [0.15, 0.2) is 35.5 Å². The molecule has 5 rings (SSSR count). The van der Waals surface area contributed by atoms with Crippen molar-refractivity contribution in [3.63, 3.8) is 0 Å². The number of carbonyl (C=O) groups excluding carboxylic acids is 2. The number of carbonyl (C=O) groups is 2. The Balaban J connectivity index is 1.64. The van der Waals surface area contributed by atoms with Crippen LogP contribution in [0.25, 0.3) is 0 Å². The van der Waals surface area contributed by atoms with Crippen molar-refractivity contribution in [1.29, 1.82) is 5.26 Å². The summed E-state index contributed by atoms with van der Waals surface area (Å²) in [6.45, 7) is 0. The zero-order valence-electron chi connectivity index (χ0n) is 13.6. The summed E-state index contributed by atoms with van der Waals surface area (Å²) in [5, 5.41) is 24.9. The third-order valence-corrected chi connectivity index (χ3v) is 5.40. The van der Waals surface area contributed by atoms with Gasteiger partial charge in [-0.05, 0) is 36.8 Å². The molecule has 0 spiro atoms. The summed E-state index contributed by atoms with van der Waals surface area (Å²) in [5.41, 5.74) is -0.0209. The van der Waals surface area contributed by atoms with E-state index in [9.17, 15) is 19.7 Å². The van der Waals surface area contributed by atoms with Crippen LogP contribution in [-0.2, 0) is 9.59 Å². The lowest BCUT2D eigenvalue weighted by atomic mass is 9.63. The zero-order chi connectivity index (χ0) is 18.4. The van der Waals surface area contributed by atoms with E-state index < -0.39 is 4.92 Å². The van der Waals surface area contributed by atoms with Crippen molar-refractivity contribution in [1.82, 2.24) is 5.01 Å². The maximum atomic E-state index is 12.7. The molecular weight excluding hydrogens is 336 g/mol. The third-order valence-electron chi connectivity index (χ3n) is 5.40. The molecule has 2 fully saturated rings. The Morgan fingerprint density at radius 1 is 1.19 bits per heavy atom. The number of benzene rings is 1. The summed E-state index contributed by atoms with van der Waals surface area (Å²) in [7, 11) is 0. The fourth-order valence-corrected chi connectivity index (χ4v) is 4.17. The van der Waals surface area contributed by atoms with Crippen molar-refractivity contribution in [2.75, 3.05) is 0 Å². The second kappa shape index (κ2) is 5.88. The Morgan fingerprint density at radius 2 is 1.81 bits per heavy atom. The van der Waals surface area contributed by atoms with Crippen LogP contribution in [0, 0.1) is 45.1 Å². The predicted molar refractivity (Wildman–Crippen MR) is 89.6 cm³/mol. The molecule has 0 N–H and O–H groups in total. The van der Waals surface area contributed by atoms with E-state index >= 15 is 0 Å². The summed E-state index contributed by atoms with van der Waals surface area (Å²) >= 11 is 0. The average molecular weight is 350 g/mol. The lowest BCUT2D eigenvalue weighted by Crippen LogP contribution is -2.38. The van der Waals surface area contributed by atoms with Crippen LogP contribution >= 0.6 is 0 Å². The standard InChI is InChI=1S/C18H14N4O4/c19-8-10-1-2-13(14(7-10)22(25)26)9-20-21-17(23)15-11-3-4-12(6-5-11)16(15)18(21)24/h1-4,7,9,11-12,15-16H,5-6H2/b20-9+. The Bertz CT molecular complexity index is 898. The van der Waals surface area contributed by atoms with Crippen molar-refractivity contribution >= 4 is 23.7 Å². The van der Waals surface area contributed by atoms with Gasteiger partial charge in [0.05, 0.1) is 40.2 Å². The van der Waals surface area contributed by atoms with Gasteiger partial charge in [0.15, 0.2) is 0 Å². The molecule has 1 aromatic rings. The number of amides is 2. The monoisotopic (exact) mass is 350 g/mol. The largest absolute Gasteiger partial charge is 0.279 e. The second-order valence-electron chi connectivity index (χ2n) is 6.72. The molecule has 2 amide bonds. The fraction of sp³-hybridized carbons (Fsp3) is 0.333. The lowest BCUT2D eigenvalue weighted by molar-refractivity contribution is -0.385.